The van der Waals surface area contributed by atoms with Crippen molar-refractivity contribution in [3.05, 3.63) is 70.7 Å². The van der Waals surface area contributed by atoms with Crippen LogP contribution in [-0.2, 0) is 14.3 Å². The molecule has 7 heteroatoms. The Morgan fingerprint density at radius 2 is 1.66 bits per heavy atom. The van der Waals surface area contributed by atoms with E-state index in [1.165, 1.54) is 0 Å². The van der Waals surface area contributed by atoms with Crippen molar-refractivity contribution >= 4 is 29.4 Å². The summed E-state index contributed by atoms with van der Waals surface area (Å²) in [6.45, 7) is 3.41. The molecule has 2 aromatic rings. The van der Waals surface area contributed by atoms with Crippen molar-refractivity contribution in [3.63, 3.8) is 0 Å². The van der Waals surface area contributed by atoms with Gasteiger partial charge in [0.1, 0.15) is 6.54 Å². The number of nitrogens with one attached hydrogen (secondary N) is 2. The highest BCUT2D eigenvalue weighted by molar-refractivity contribution is 6.30. The van der Waals surface area contributed by atoms with Crippen molar-refractivity contribution in [2.45, 2.75) is 26.3 Å². The molecule has 0 radical (unpaired) electrons. The zero-order valence-corrected chi connectivity index (χ0v) is 17.2. The van der Waals surface area contributed by atoms with Crippen molar-refractivity contribution in [1.29, 1.82) is 0 Å². The van der Waals surface area contributed by atoms with E-state index in [9.17, 15) is 14.4 Å². The molecule has 0 aliphatic heterocycles. The first kappa shape index (κ1) is 22.4. The summed E-state index contributed by atoms with van der Waals surface area (Å²) in [5.74, 6) is -1.13. The first-order valence-corrected chi connectivity index (χ1v) is 9.76. The van der Waals surface area contributed by atoms with Crippen molar-refractivity contribution in [3.8, 4) is 0 Å². The van der Waals surface area contributed by atoms with Crippen LogP contribution in [0.4, 0.5) is 0 Å². The van der Waals surface area contributed by atoms with E-state index in [0.717, 1.165) is 12.0 Å². The Morgan fingerprint density at radius 3 is 2.28 bits per heavy atom. The smallest absolute Gasteiger partial charge is 0.325 e. The van der Waals surface area contributed by atoms with E-state index in [-0.39, 0.29) is 12.6 Å². The molecule has 0 fully saturated rings. The third-order valence-electron chi connectivity index (χ3n) is 4.11. The molecule has 2 amide bonds. The number of carbonyl (C=O) groups is 3. The van der Waals surface area contributed by atoms with E-state index in [1.54, 1.807) is 24.3 Å². The Kier molecular flexibility index (Phi) is 8.68. The normalized spacial score (nSPS) is 11.6. The molecule has 0 aliphatic carbocycles. The van der Waals surface area contributed by atoms with Crippen LogP contribution < -0.4 is 10.6 Å². The van der Waals surface area contributed by atoms with Crippen LogP contribution in [0.5, 0.6) is 0 Å². The zero-order chi connectivity index (χ0) is 21.2. The molecule has 0 spiro atoms. The van der Waals surface area contributed by atoms with Gasteiger partial charge in [0.05, 0.1) is 6.04 Å². The van der Waals surface area contributed by atoms with Crippen molar-refractivity contribution < 1.29 is 19.1 Å². The van der Waals surface area contributed by atoms with Crippen molar-refractivity contribution in [2.75, 3.05) is 13.2 Å². The fourth-order valence-electron chi connectivity index (χ4n) is 2.72. The summed E-state index contributed by atoms with van der Waals surface area (Å²) in [6, 6.07) is 15.8. The van der Waals surface area contributed by atoms with Crippen molar-refractivity contribution in [2.24, 2.45) is 5.92 Å². The highest BCUT2D eigenvalue weighted by Crippen LogP contribution is 2.20. The topological polar surface area (TPSA) is 84.5 Å². The lowest BCUT2D eigenvalue weighted by Crippen LogP contribution is -2.35. The molecular weight excluding hydrogens is 392 g/mol. The van der Waals surface area contributed by atoms with Crippen LogP contribution in [0.2, 0.25) is 5.02 Å². The Hall–Kier alpha value is -2.86. The minimum Gasteiger partial charge on any atom is -0.454 e. The molecule has 0 saturated heterocycles. The molecule has 0 aromatic heterocycles. The van der Waals surface area contributed by atoms with Crippen LogP contribution in [0, 0.1) is 5.92 Å². The SMILES string of the molecule is CC(C)C[C@@H](NC(=O)COC(=O)CNC(=O)c1ccc(Cl)cc1)c1ccccc1. The van der Waals surface area contributed by atoms with Gasteiger partial charge in [0.15, 0.2) is 6.61 Å². The monoisotopic (exact) mass is 416 g/mol. The van der Waals surface area contributed by atoms with Crippen LogP contribution in [0.3, 0.4) is 0 Å². The second-order valence-electron chi connectivity index (χ2n) is 7.01. The van der Waals surface area contributed by atoms with Gasteiger partial charge in [0, 0.05) is 10.6 Å². The number of esters is 1. The van der Waals surface area contributed by atoms with Gasteiger partial charge in [-0.2, -0.15) is 0 Å². The number of rotatable bonds is 9. The maximum Gasteiger partial charge on any atom is 0.325 e. The molecule has 154 valence electrons. The van der Waals surface area contributed by atoms with Crippen LogP contribution in [-0.4, -0.2) is 30.9 Å². The highest BCUT2D eigenvalue weighted by atomic mass is 35.5. The summed E-state index contributed by atoms with van der Waals surface area (Å²) in [5.41, 5.74) is 1.37. The number of hydrogen-bond donors (Lipinski definition) is 2. The summed E-state index contributed by atoms with van der Waals surface area (Å²) in [4.78, 5) is 36.0. The number of amides is 2. The molecule has 0 aliphatic rings. The van der Waals surface area contributed by atoms with Crippen LogP contribution in [0.25, 0.3) is 0 Å². The number of hydrogen-bond acceptors (Lipinski definition) is 4. The van der Waals surface area contributed by atoms with Crippen LogP contribution >= 0.6 is 11.6 Å². The lowest BCUT2D eigenvalue weighted by molar-refractivity contribution is -0.147. The van der Waals surface area contributed by atoms with Gasteiger partial charge in [-0.3, -0.25) is 14.4 Å². The molecule has 1 atom stereocenters. The average Bonchev–Trinajstić information content (AvgIpc) is 2.71. The fourth-order valence-corrected chi connectivity index (χ4v) is 2.85. The molecular formula is C22H25ClN2O4. The third kappa shape index (κ3) is 7.95. The van der Waals surface area contributed by atoms with Gasteiger partial charge in [-0.25, -0.2) is 0 Å². The quantitative estimate of drug-likeness (QED) is 0.612. The van der Waals surface area contributed by atoms with Gasteiger partial charge in [0.2, 0.25) is 0 Å². The molecule has 2 aromatic carbocycles. The number of halogens is 1. The lowest BCUT2D eigenvalue weighted by atomic mass is 9.97. The predicted molar refractivity (Wildman–Crippen MR) is 112 cm³/mol. The molecule has 0 bridgehead atoms. The van der Waals surface area contributed by atoms with Crippen molar-refractivity contribution in [1.82, 2.24) is 10.6 Å². The summed E-state index contributed by atoms with van der Waals surface area (Å²) < 4.78 is 4.96. The minimum absolute atomic E-state index is 0.160. The molecule has 2 rings (SSSR count). The van der Waals surface area contributed by atoms with Crippen LogP contribution in [0.15, 0.2) is 54.6 Å². The summed E-state index contributed by atoms with van der Waals surface area (Å²) in [6.07, 6.45) is 0.765. The Balaban J connectivity index is 1.78. The van der Waals surface area contributed by atoms with Gasteiger partial charge >= 0.3 is 5.97 Å². The molecule has 6 nitrogen and oxygen atoms in total. The highest BCUT2D eigenvalue weighted by Gasteiger charge is 2.17. The average molecular weight is 417 g/mol. The molecule has 2 N–H and O–H groups in total. The standard InChI is InChI=1S/C22H25ClN2O4/c1-15(2)12-19(16-6-4-3-5-7-16)25-20(26)14-29-21(27)13-24-22(28)17-8-10-18(23)11-9-17/h3-11,15,19H,12-14H2,1-2H3,(H,24,28)(H,25,26)/t19-/m1/s1. The Labute approximate surface area is 175 Å². The summed E-state index contributed by atoms with van der Waals surface area (Å²) in [5, 5.41) is 5.86. The van der Waals surface area contributed by atoms with Gasteiger partial charge in [-0.1, -0.05) is 55.8 Å². The predicted octanol–water partition coefficient (Wildman–Crippen LogP) is 3.52. The second-order valence-corrected chi connectivity index (χ2v) is 7.45. The van der Waals surface area contributed by atoms with Gasteiger partial charge in [-0.05, 0) is 42.2 Å². The minimum atomic E-state index is -0.692. The summed E-state index contributed by atoms with van der Waals surface area (Å²) in [7, 11) is 0. The van der Waals surface area contributed by atoms with Gasteiger partial charge in [0.25, 0.3) is 11.8 Å². The first-order chi connectivity index (χ1) is 13.8. The third-order valence-corrected chi connectivity index (χ3v) is 4.36. The second kappa shape index (κ2) is 11.2. The van der Waals surface area contributed by atoms with E-state index in [4.69, 9.17) is 16.3 Å². The first-order valence-electron chi connectivity index (χ1n) is 9.39. The van der Waals surface area contributed by atoms with Gasteiger partial charge < -0.3 is 15.4 Å². The number of carbonyl (C=O) groups excluding carboxylic acids is 3. The maximum absolute atomic E-state index is 12.2. The van der Waals surface area contributed by atoms with E-state index in [2.05, 4.69) is 24.5 Å². The van der Waals surface area contributed by atoms with E-state index >= 15 is 0 Å². The maximum atomic E-state index is 12.2. The molecule has 29 heavy (non-hydrogen) atoms. The summed E-state index contributed by atoms with van der Waals surface area (Å²) >= 11 is 5.77. The number of benzene rings is 2. The van der Waals surface area contributed by atoms with Crippen LogP contribution in [0.1, 0.15) is 42.2 Å². The Bertz CT molecular complexity index is 822. The van der Waals surface area contributed by atoms with E-state index < -0.39 is 24.4 Å². The van der Waals surface area contributed by atoms with E-state index in [1.807, 2.05) is 30.3 Å². The zero-order valence-electron chi connectivity index (χ0n) is 16.5. The fraction of sp³-hybridized carbons (Fsp3) is 0.318. The lowest BCUT2D eigenvalue weighted by Gasteiger charge is -2.21. The van der Waals surface area contributed by atoms with Gasteiger partial charge in [-0.15, -0.1) is 0 Å². The van der Waals surface area contributed by atoms with E-state index in [0.29, 0.717) is 16.5 Å². The molecule has 0 heterocycles. The molecule has 0 unspecified atom stereocenters. The number of ether oxygens (including phenoxy) is 1. The molecule has 0 saturated carbocycles. The largest absolute Gasteiger partial charge is 0.454 e. The Morgan fingerprint density at radius 1 is 1.00 bits per heavy atom.